The Morgan fingerprint density at radius 1 is 1.50 bits per heavy atom. The number of amides is 1. The summed E-state index contributed by atoms with van der Waals surface area (Å²) in [6.07, 6.45) is 3.14. The Morgan fingerprint density at radius 2 is 2.25 bits per heavy atom. The van der Waals surface area contributed by atoms with Gasteiger partial charge in [0.2, 0.25) is 5.91 Å². The highest BCUT2D eigenvalue weighted by Gasteiger charge is 1.96. The molecule has 0 saturated carbocycles. The van der Waals surface area contributed by atoms with Crippen molar-refractivity contribution in [3.8, 4) is 0 Å². The molecule has 0 bridgehead atoms. The Balaban J connectivity index is 2.47. The second kappa shape index (κ2) is 7.04. The Labute approximate surface area is 100 Å². The van der Waals surface area contributed by atoms with Gasteiger partial charge in [-0.15, -0.1) is 0 Å². The van der Waals surface area contributed by atoms with Crippen molar-refractivity contribution >= 4 is 23.6 Å². The Hall–Kier alpha value is -1.32. The zero-order valence-corrected chi connectivity index (χ0v) is 9.83. The second-order valence-electron chi connectivity index (χ2n) is 3.14. The van der Waals surface area contributed by atoms with Gasteiger partial charge in [0, 0.05) is 24.8 Å². The molecule has 0 spiro atoms. The van der Waals surface area contributed by atoms with Crippen LogP contribution < -0.4 is 5.32 Å². The van der Waals surface area contributed by atoms with Crippen LogP contribution in [0, 0.1) is 0 Å². The second-order valence-corrected chi connectivity index (χ2v) is 3.55. The predicted molar refractivity (Wildman–Crippen MR) is 65.4 cm³/mol. The van der Waals surface area contributed by atoms with E-state index in [2.05, 4.69) is 5.32 Å². The first-order valence-corrected chi connectivity index (χ1v) is 5.31. The molecule has 0 heterocycles. The summed E-state index contributed by atoms with van der Waals surface area (Å²) in [5.41, 5.74) is 0.825. The number of benzene rings is 1. The normalized spacial score (nSPS) is 10.6. The third-order valence-corrected chi connectivity index (χ3v) is 2.27. The summed E-state index contributed by atoms with van der Waals surface area (Å²) in [6, 6.07) is 7.35. The minimum Gasteiger partial charge on any atom is -0.383 e. The molecule has 1 aromatic rings. The summed E-state index contributed by atoms with van der Waals surface area (Å²) in [5, 5.41) is 3.31. The zero-order valence-electron chi connectivity index (χ0n) is 9.07. The highest BCUT2D eigenvalue weighted by Crippen LogP contribution is 2.15. The van der Waals surface area contributed by atoms with Gasteiger partial charge in [-0.1, -0.05) is 29.8 Å². The van der Waals surface area contributed by atoms with Gasteiger partial charge in [0.15, 0.2) is 0 Å². The van der Waals surface area contributed by atoms with Crippen molar-refractivity contribution in [3.63, 3.8) is 0 Å². The molecule has 0 aliphatic rings. The average molecular weight is 240 g/mol. The number of rotatable bonds is 5. The fourth-order valence-corrected chi connectivity index (χ4v) is 1.31. The molecule has 4 heteroatoms. The van der Waals surface area contributed by atoms with Gasteiger partial charge in [0.25, 0.3) is 0 Å². The van der Waals surface area contributed by atoms with Crippen LogP contribution in [0.1, 0.15) is 5.56 Å². The standard InChI is InChI=1S/C12H14ClNO2/c1-16-9-8-14-12(15)7-6-10-4-2-3-5-11(10)13/h2-7H,8-9H2,1H3,(H,14,15)/b7-6+. The minimum absolute atomic E-state index is 0.156. The van der Waals surface area contributed by atoms with E-state index in [0.29, 0.717) is 18.2 Å². The average Bonchev–Trinajstić information content (AvgIpc) is 2.28. The molecule has 1 amide bonds. The Morgan fingerprint density at radius 3 is 2.94 bits per heavy atom. The van der Waals surface area contributed by atoms with Crippen molar-refractivity contribution < 1.29 is 9.53 Å². The van der Waals surface area contributed by atoms with Crippen molar-refractivity contribution in [2.45, 2.75) is 0 Å². The van der Waals surface area contributed by atoms with Crippen LogP contribution >= 0.6 is 11.6 Å². The van der Waals surface area contributed by atoms with Crippen molar-refractivity contribution in [2.75, 3.05) is 20.3 Å². The molecule has 16 heavy (non-hydrogen) atoms. The molecular weight excluding hydrogens is 226 g/mol. The molecule has 1 aromatic carbocycles. The topological polar surface area (TPSA) is 38.3 Å². The van der Waals surface area contributed by atoms with Crippen LogP contribution in [0.3, 0.4) is 0 Å². The Bertz CT molecular complexity index is 377. The number of hydrogen-bond donors (Lipinski definition) is 1. The van der Waals surface area contributed by atoms with Crippen LogP contribution in [-0.4, -0.2) is 26.2 Å². The van der Waals surface area contributed by atoms with Gasteiger partial charge in [-0.3, -0.25) is 4.79 Å². The monoisotopic (exact) mass is 239 g/mol. The number of ether oxygens (including phenoxy) is 1. The summed E-state index contributed by atoms with van der Waals surface area (Å²) in [7, 11) is 1.59. The summed E-state index contributed by atoms with van der Waals surface area (Å²) >= 11 is 5.93. The first-order chi connectivity index (χ1) is 7.74. The number of halogens is 1. The van der Waals surface area contributed by atoms with E-state index in [4.69, 9.17) is 16.3 Å². The lowest BCUT2D eigenvalue weighted by Crippen LogP contribution is -2.24. The third kappa shape index (κ3) is 4.47. The smallest absolute Gasteiger partial charge is 0.244 e. The van der Waals surface area contributed by atoms with Gasteiger partial charge in [-0.05, 0) is 17.7 Å². The van der Waals surface area contributed by atoms with Crippen molar-refractivity contribution in [3.05, 3.63) is 40.9 Å². The molecule has 3 nitrogen and oxygen atoms in total. The summed E-state index contributed by atoms with van der Waals surface area (Å²) in [6.45, 7) is 1.01. The highest BCUT2D eigenvalue weighted by atomic mass is 35.5. The van der Waals surface area contributed by atoms with Crippen LogP contribution in [-0.2, 0) is 9.53 Å². The number of methoxy groups -OCH3 is 1. The maximum atomic E-state index is 11.3. The molecule has 86 valence electrons. The molecule has 0 unspecified atom stereocenters. The van der Waals surface area contributed by atoms with E-state index < -0.39 is 0 Å². The zero-order chi connectivity index (χ0) is 11.8. The van der Waals surface area contributed by atoms with Gasteiger partial charge in [0.1, 0.15) is 0 Å². The fourth-order valence-electron chi connectivity index (χ4n) is 1.11. The van der Waals surface area contributed by atoms with E-state index in [0.717, 1.165) is 5.56 Å². The predicted octanol–water partition coefficient (Wildman–Crippen LogP) is 2.12. The quantitative estimate of drug-likeness (QED) is 0.631. The van der Waals surface area contributed by atoms with Crippen LogP contribution in [0.2, 0.25) is 5.02 Å². The van der Waals surface area contributed by atoms with E-state index in [1.807, 2.05) is 18.2 Å². The van der Waals surface area contributed by atoms with Crippen molar-refractivity contribution in [1.29, 1.82) is 0 Å². The van der Waals surface area contributed by atoms with Gasteiger partial charge in [-0.25, -0.2) is 0 Å². The number of carbonyl (C=O) groups is 1. The van der Waals surface area contributed by atoms with E-state index in [1.165, 1.54) is 6.08 Å². The molecule has 0 atom stereocenters. The van der Waals surface area contributed by atoms with E-state index in [-0.39, 0.29) is 5.91 Å². The number of carbonyl (C=O) groups excluding carboxylic acids is 1. The molecule has 1 rings (SSSR count). The lowest BCUT2D eigenvalue weighted by molar-refractivity contribution is -0.116. The molecule has 1 N–H and O–H groups in total. The van der Waals surface area contributed by atoms with E-state index in [9.17, 15) is 4.79 Å². The Kier molecular flexibility index (Phi) is 5.61. The van der Waals surface area contributed by atoms with Gasteiger partial charge >= 0.3 is 0 Å². The first kappa shape index (κ1) is 12.7. The maximum Gasteiger partial charge on any atom is 0.244 e. The first-order valence-electron chi connectivity index (χ1n) is 4.93. The molecule has 0 saturated heterocycles. The number of hydrogen-bond acceptors (Lipinski definition) is 2. The maximum absolute atomic E-state index is 11.3. The van der Waals surface area contributed by atoms with Crippen LogP contribution in [0.25, 0.3) is 6.08 Å². The summed E-state index contributed by atoms with van der Waals surface area (Å²) < 4.78 is 4.81. The largest absolute Gasteiger partial charge is 0.383 e. The SMILES string of the molecule is COCCNC(=O)/C=C/c1ccccc1Cl. The van der Waals surface area contributed by atoms with Crippen molar-refractivity contribution in [2.24, 2.45) is 0 Å². The van der Waals surface area contributed by atoms with Crippen LogP contribution in [0.15, 0.2) is 30.3 Å². The molecule has 0 aromatic heterocycles. The lowest BCUT2D eigenvalue weighted by atomic mass is 10.2. The molecule has 0 radical (unpaired) electrons. The van der Waals surface area contributed by atoms with E-state index >= 15 is 0 Å². The third-order valence-electron chi connectivity index (χ3n) is 1.92. The molecule has 0 aliphatic heterocycles. The van der Waals surface area contributed by atoms with Gasteiger partial charge < -0.3 is 10.1 Å². The minimum atomic E-state index is -0.156. The van der Waals surface area contributed by atoms with Gasteiger partial charge in [0.05, 0.1) is 6.61 Å². The summed E-state index contributed by atoms with van der Waals surface area (Å²) in [4.78, 5) is 11.3. The van der Waals surface area contributed by atoms with Crippen molar-refractivity contribution in [1.82, 2.24) is 5.32 Å². The van der Waals surface area contributed by atoms with E-state index in [1.54, 1.807) is 19.3 Å². The summed E-state index contributed by atoms with van der Waals surface area (Å²) in [5.74, 6) is -0.156. The van der Waals surface area contributed by atoms with Crippen LogP contribution in [0.4, 0.5) is 0 Å². The number of nitrogens with one attached hydrogen (secondary N) is 1. The van der Waals surface area contributed by atoms with Crippen LogP contribution in [0.5, 0.6) is 0 Å². The highest BCUT2D eigenvalue weighted by molar-refractivity contribution is 6.32. The van der Waals surface area contributed by atoms with Gasteiger partial charge in [-0.2, -0.15) is 0 Å². The lowest BCUT2D eigenvalue weighted by Gasteiger charge is -2.00. The molecular formula is C12H14ClNO2. The fraction of sp³-hybridized carbons (Fsp3) is 0.250. The molecule has 0 aliphatic carbocycles. The molecule has 0 fully saturated rings.